The minimum atomic E-state index is -0.795. The third-order valence-corrected chi connectivity index (χ3v) is 2.70. The first-order chi connectivity index (χ1) is 7.15. The van der Waals surface area contributed by atoms with Crippen molar-refractivity contribution in [1.82, 2.24) is 4.90 Å². The van der Waals surface area contributed by atoms with E-state index in [4.69, 9.17) is 5.73 Å². The van der Waals surface area contributed by atoms with Gasteiger partial charge in [-0.25, -0.2) is 8.78 Å². The van der Waals surface area contributed by atoms with Gasteiger partial charge in [0.05, 0.1) is 0 Å². The van der Waals surface area contributed by atoms with Crippen molar-refractivity contribution in [2.45, 2.75) is 19.0 Å². The average Bonchev–Trinajstić information content (AvgIpc) is 2.58. The Morgan fingerprint density at radius 1 is 1.31 bits per heavy atom. The van der Waals surface area contributed by atoms with Crippen LogP contribution in [-0.4, -0.2) is 24.0 Å². The Kier molecular flexibility index (Phi) is 4.65. The fourth-order valence-electron chi connectivity index (χ4n) is 1.90. The Morgan fingerprint density at radius 2 is 2.06 bits per heavy atom. The molecule has 0 saturated carbocycles. The van der Waals surface area contributed by atoms with Gasteiger partial charge in [0.25, 0.3) is 0 Å². The van der Waals surface area contributed by atoms with Crippen LogP contribution in [-0.2, 0) is 6.54 Å². The van der Waals surface area contributed by atoms with Crippen LogP contribution in [0, 0.1) is 11.6 Å². The third kappa shape index (κ3) is 3.14. The van der Waals surface area contributed by atoms with Crippen LogP contribution >= 0.6 is 12.4 Å². The van der Waals surface area contributed by atoms with Crippen LogP contribution < -0.4 is 5.73 Å². The standard InChI is InChI=1S/C11H14F2N2.ClH/c12-10-2-1-8(5-11(10)13)6-15-4-3-9(14)7-15;/h1-2,5,9H,3-4,6-7,14H2;1H/t9-;/m1./s1. The summed E-state index contributed by atoms with van der Waals surface area (Å²) in [5, 5.41) is 0. The third-order valence-electron chi connectivity index (χ3n) is 2.70. The SMILES string of the molecule is Cl.N[C@@H]1CCN(Cc2ccc(F)c(F)c2)C1. The molecule has 0 spiro atoms. The molecule has 0 aliphatic carbocycles. The van der Waals surface area contributed by atoms with E-state index in [1.165, 1.54) is 12.1 Å². The highest BCUT2D eigenvalue weighted by Gasteiger charge is 2.19. The van der Waals surface area contributed by atoms with Crippen molar-refractivity contribution in [3.8, 4) is 0 Å². The van der Waals surface area contributed by atoms with Gasteiger partial charge in [-0.2, -0.15) is 0 Å². The van der Waals surface area contributed by atoms with Gasteiger partial charge in [-0.15, -0.1) is 12.4 Å². The fourth-order valence-corrected chi connectivity index (χ4v) is 1.90. The van der Waals surface area contributed by atoms with E-state index >= 15 is 0 Å². The van der Waals surface area contributed by atoms with Crippen molar-refractivity contribution in [3.63, 3.8) is 0 Å². The van der Waals surface area contributed by atoms with E-state index in [0.717, 1.165) is 25.1 Å². The molecule has 0 unspecified atom stereocenters. The molecule has 90 valence electrons. The lowest BCUT2D eigenvalue weighted by Crippen LogP contribution is -2.26. The van der Waals surface area contributed by atoms with Crippen LogP contribution in [0.4, 0.5) is 8.78 Å². The van der Waals surface area contributed by atoms with Gasteiger partial charge >= 0.3 is 0 Å². The number of nitrogens with zero attached hydrogens (tertiary/aromatic N) is 1. The monoisotopic (exact) mass is 248 g/mol. The number of benzene rings is 1. The Morgan fingerprint density at radius 3 is 2.62 bits per heavy atom. The molecule has 1 aromatic rings. The van der Waals surface area contributed by atoms with Gasteiger partial charge < -0.3 is 5.73 Å². The van der Waals surface area contributed by atoms with Gasteiger partial charge in [0, 0.05) is 25.7 Å². The Balaban J connectivity index is 0.00000128. The number of hydrogen-bond acceptors (Lipinski definition) is 2. The maximum absolute atomic E-state index is 12.9. The van der Waals surface area contributed by atoms with Crippen molar-refractivity contribution < 1.29 is 8.78 Å². The largest absolute Gasteiger partial charge is 0.326 e. The van der Waals surface area contributed by atoms with Gasteiger partial charge in [0.1, 0.15) is 0 Å². The van der Waals surface area contributed by atoms with Crippen molar-refractivity contribution in [3.05, 3.63) is 35.4 Å². The van der Waals surface area contributed by atoms with E-state index in [0.29, 0.717) is 6.54 Å². The number of nitrogens with two attached hydrogens (primary N) is 1. The second kappa shape index (κ2) is 5.57. The summed E-state index contributed by atoms with van der Waals surface area (Å²) in [6.45, 7) is 2.41. The summed E-state index contributed by atoms with van der Waals surface area (Å²) < 4.78 is 25.6. The van der Waals surface area contributed by atoms with Gasteiger partial charge in [0.2, 0.25) is 0 Å². The first-order valence-corrected chi connectivity index (χ1v) is 5.07. The second-order valence-electron chi connectivity index (χ2n) is 4.03. The summed E-state index contributed by atoms with van der Waals surface area (Å²) in [5.41, 5.74) is 6.55. The van der Waals surface area contributed by atoms with Crippen LogP contribution in [0.25, 0.3) is 0 Å². The maximum Gasteiger partial charge on any atom is 0.159 e. The van der Waals surface area contributed by atoms with Crippen LogP contribution in [0.15, 0.2) is 18.2 Å². The topological polar surface area (TPSA) is 29.3 Å². The van der Waals surface area contributed by atoms with E-state index < -0.39 is 11.6 Å². The van der Waals surface area contributed by atoms with Crippen LogP contribution in [0.5, 0.6) is 0 Å². The quantitative estimate of drug-likeness (QED) is 0.867. The molecule has 2 N–H and O–H groups in total. The van der Waals surface area contributed by atoms with Gasteiger partial charge in [-0.1, -0.05) is 6.07 Å². The normalized spacial score (nSPS) is 20.8. The van der Waals surface area contributed by atoms with E-state index in [2.05, 4.69) is 4.90 Å². The molecular formula is C11H15ClF2N2. The summed E-state index contributed by atoms with van der Waals surface area (Å²) in [5.74, 6) is -1.58. The lowest BCUT2D eigenvalue weighted by molar-refractivity contribution is 0.326. The minimum Gasteiger partial charge on any atom is -0.326 e. The molecule has 1 aliphatic heterocycles. The molecule has 5 heteroatoms. The zero-order valence-electron chi connectivity index (χ0n) is 8.83. The molecule has 1 aromatic carbocycles. The Labute approximate surface area is 99.8 Å². The predicted octanol–water partition coefficient (Wildman–Crippen LogP) is 1.92. The second-order valence-corrected chi connectivity index (χ2v) is 4.03. The molecule has 1 fully saturated rings. The van der Waals surface area contributed by atoms with Crippen molar-refractivity contribution in [1.29, 1.82) is 0 Å². The molecule has 0 radical (unpaired) electrons. The summed E-state index contributed by atoms with van der Waals surface area (Å²) >= 11 is 0. The van der Waals surface area contributed by atoms with Gasteiger partial charge in [0.15, 0.2) is 11.6 Å². The maximum atomic E-state index is 12.9. The molecule has 1 aliphatic rings. The van der Waals surface area contributed by atoms with E-state index in [-0.39, 0.29) is 18.4 Å². The summed E-state index contributed by atoms with van der Waals surface area (Å²) in [6.07, 6.45) is 0.976. The summed E-state index contributed by atoms with van der Waals surface area (Å²) in [4.78, 5) is 2.15. The van der Waals surface area contributed by atoms with Gasteiger partial charge in [-0.05, 0) is 24.1 Å². The van der Waals surface area contributed by atoms with E-state index in [9.17, 15) is 8.78 Å². The number of likely N-dealkylation sites (tertiary alicyclic amines) is 1. The minimum absolute atomic E-state index is 0. The number of halogens is 3. The smallest absolute Gasteiger partial charge is 0.159 e. The lowest BCUT2D eigenvalue weighted by atomic mass is 10.2. The highest BCUT2D eigenvalue weighted by molar-refractivity contribution is 5.85. The molecule has 1 atom stereocenters. The van der Waals surface area contributed by atoms with Crippen molar-refractivity contribution in [2.24, 2.45) is 5.73 Å². The number of hydrogen-bond donors (Lipinski definition) is 1. The van der Waals surface area contributed by atoms with Crippen molar-refractivity contribution in [2.75, 3.05) is 13.1 Å². The zero-order chi connectivity index (χ0) is 10.8. The van der Waals surface area contributed by atoms with Crippen molar-refractivity contribution >= 4 is 12.4 Å². The molecule has 0 amide bonds. The van der Waals surface area contributed by atoms with Gasteiger partial charge in [-0.3, -0.25) is 4.90 Å². The molecule has 0 aromatic heterocycles. The van der Waals surface area contributed by atoms with Crippen LogP contribution in [0.1, 0.15) is 12.0 Å². The first-order valence-electron chi connectivity index (χ1n) is 5.07. The highest BCUT2D eigenvalue weighted by Crippen LogP contribution is 2.14. The van der Waals surface area contributed by atoms with Crippen LogP contribution in [0.2, 0.25) is 0 Å². The molecule has 2 rings (SSSR count). The van der Waals surface area contributed by atoms with E-state index in [1.807, 2.05) is 0 Å². The molecule has 0 bridgehead atoms. The predicted molar refractivity (Wildman–Crippen MR) is 61.5 cm³/mol. The fraction of sp³-hybridized carbons (Fsp3) is 0.455. The van der Waals surface area contributed by atoms with Crippen LogP contribution in [0.3, 0.4) is 0 Å². The van der Waals surface area contributed by atoms with E-state index in [1.54, 1.807) is 6.07 Å². The Bertz CT molecular complexity index is 360. The molecule has 1 heterocycles. The first kappa shape index (κ1) is 13.4. The lowest BCUT2D eigenvalue weighted by Gasteiger charge is -2.14. The molecule has 1 saturated heterocycles. The summed E-state index contributed by atoms with van der Waals surface area (Å²) in [6, 6.07) is 4.25. The highest BCUT2D eigenvalue weighted by atomic mass is 35.5. The average molecular weight is 249 g/mol. The zero-order valence-corrected chi connectivity index (χ0v) is 9.64. The number of rotatable bonds is 2. The summed E-state index contributed by atoms with van der Waals surface area (Å²) in [7, 11) is 0. The molecule has 2 nitrogen and oxygen atoms in total. The molecular weight excluding hydrogens is 234 g/mol. The molecule has 16 heavy (non-hydrogen) atoms. The Hall–Kier alpha value is -0.710.